The maximum absolute atomic E-state index is 12.3. The minimum absolute atomic E-state index is 0.131. The molecular formula is C17H30N2O5. The number of nitrogens with zero attached hydrogens (tertiary/aromatic N) is 1. The van der Waals surface area contributed by atoms with E-state index in [-0.39, 0.29) is 23.8 Å². The number of carboxylic acids is 1. The van der Waals surface area contributed by atoms with Crippen LogP contribution in [0.1, 0.15) is 53.9 Å². The zero-order chi connectivity index (χ0) is 18.5. The Morgan fingerprint density at radius 2 is 1.79 bits per heavy atom. The van der Waals surface area contributed by atoms with E-state index in [1.165, 1.54) is 0 Å². The number of ether oxygens (including phenoxy) is 1. The summed E-state index contributed by atoms with van der Waals surface area (Å²) in [5.74, 6) is -1.65. The molecule has 0 unspecified atom stereocenters. The molecule has 0 aromatic rings. The van der Waals surface area contributed by atoms with Crippen molar-refractivity contribution in [2.24, 2.45) is 11.8 Å². The molecule has 138 valence electrons. The van der Waals surface area contributed by atoms with Crippen molar-refractivity contribution in [3.8, 4) is 0 Å². The van der Waals surface area contributed by atoms with Crippen LogP contribution in [0.15, 0.2) is 0 Å². The number of hydrogen-bond donors (Lipinski definition) is 2. The van der Waals surface area contributed by atoms with Gasteiger partial charge >= 0.3 is 12.1 Å². The number of nitrogens with one attached hydrogen (secondary N) is 1. The number of carbonyl (C=O) groups excluding carboxylic acids is 2. The fraction of sp³-hybridized carbons (Fsp3) is 0.824. The highest BCUT2D eigenvalue weighted by Crippen LogP contribution is 2.20. The van der Waals surface area contributed by atoms with E-state index >= 15 is 0 Å². The fourth-order valence-electron chi connectivity index (χ4n) is 2.60. The molecule has 1 rings (SSSR count). The summed E-state index contributed by atoms with van der Waals surface area (Å²) in [6.07, 6.45) is 1.33. The SMILES string of the molecule is CC[C@H](C)[C@H](NC(=O)C1CCN(C(=O)OC(C)(C)C)CC1)C(=O)O. The van der Waals surface area contributed by atoms with Gasteiger partial charge in [-0.05, 0) is 39.5 Å². The van der Waals surface area contributed by atoms with Crippen LogP contribution in [0.25, 0.3) is 0 Å². The van der Waals surface area contributed by atoms with Gasteiger partial charge in [0, 0.05) is 19.0 Å². The lowest BCUT2D eigenvalue weighted by Gasteiger charge is -2.33. The van der Waals surface area contributed by atoms with Crippen molar-refractivity contribution in [1.29, 1.82) is 0 Å². The minimum Gasteiger partial charge on any atom is -0.480 e. The molecule has 24 heavy (non-hydrogen) atoms. The van der Waals surface area contributed by atoms with Crippen LogP contribution in [-0.2, 0) is 14.3 Å². The average Bonchev–Trinajstić information content (AvgIpc) is 2.49. The van der Waals surface area contributed by atoms with Crippen LogP contribution in [0.2, 0.25) is 0 Å². The second-order valence-corrected chi connectivity index (χ2v) is 7.45. The number of piperidine rings is 1. The Labute approximate surface area is 143 Å². The lowest BCUT2D eigenvalue weighted by atomic mass is 9.94. The monoisotopic (exact) mass is 342 g/mol. The van der Waals surface area contributed by atoms with E-state index in [1.807, 2.05) is 34.6 Å². The fourth-order valence-corrected chi connectivity index (χ4v) is 2.60. The van der Waals surface area contributed by atoms with Crippen LogP contribution in [-0.4, -0.2) is 52.7 Å². The van der Waals surface area contributed by atoms with E-state index in [0.717, 1.165) is 0 Å². The number of carboxylic acid groups (broad SMARTS) is 1. The predicted molar refractivity (Wildman–Crippen MR) is 89.6 cm³/mol. The zero-order valence-electron chi connectivity index (χ0n) is 15.3. The highest BCUT2D eigenvalue weighted by atomic mass is 16.6. The molecule has 0 aromatic carbocycles. The molecule has 0 radical (unpaired) electrons. The minimum atomic E-state index is -1.01. The molecule has 1 fully saturated rings. The van der Waals surface area contributed by atoms with Gasteiger partial charge in [-0.3, -0.25) is 4.79 Å². The van der Waals surface area contributed by atoms with Gasteiger partial charge in [0.1, 0.15) is 11.6 Å². The topological polar surface area (TPSA) is 95.9 Å². The largest absolute Gasteiger partial charge is 0.480 e. The normalized spacial score (nSPS) is 18.6. The van der Waals surface area contributed by atoms with Crippen LogP contribution in [0, 0.1) is 11.8 Å². The summed E-state index contributed by atoms with van der Waals surface area (Å²) in [6.45, 7) is 10.0. The van der Waals surface area contributed by atoms with Crippen molar-refractivity contribution in [3.63, 3.8) is 0 Å². The van der Waals surface area contributed by atoms with E-state index in [0.29, 0.717) is 32.4 Å². The van der Waals surface area contributed by atoms with Gasteiger partial charge in [-0.2, -0.15) is 0 Å². The maximum atomic E-state index is 12.3. The Bertz CT molecular complexity index is 464. The zero-order valence-corrected chi connectivity index (χ0v) is 15.3. The molecule has 0 spiro atoms. The Kier molecular flexibility index (Phi) is 7.05. The Balaban J connectivity index is 2.53. The van der Waals surface area contributed by atoms with E-state index in [1.54, 1.807) is 4.90 Å². The summed E-state index contributed by atoms with van der Waals surface area (Å²) in [6, 6.07) is -0.869. The van der Waals surface area contributed by atoms with Crippen LogP contribution in [0.5, 0.6) is 0 Å². The summed E-state index contributed by atoms with van der Waals surface area (Å²) in [4.78, 5) is 37.2. The van der Waals surface area contributed by atoms with Crippen LogP contribution >= 0.6 is 0 Å². The third kappa shape index (κ3) is 6.02. The van der Waals surface area contributed by atoms with Crippen molar-refractivity contribution in [1.82, 2.24) is 10.2 Å². The lowest BCUT2D eigenvalue weighted by Crippen LogP contribution is -2.50. The number of amides is 2. The quantitative estimate of drug-likeness (QED) is 0.799. The van der Waals surface area contributed by atoms with Gasteiger partial charge in [-0.15, -0.1) is 0 Å². The van der Waals surface area contributed by atoms with Crippen LogP contribution in [0.4, 0.5) is 4.79 Å². The third-order valence-corrected chi connectivity index (χ3v) is 4.29. The molecule has 0 aliphatic carbocycles. The van der Waals surface area contributed by atoms with Crippen molar-refractivity contribution >= 4 is 18.0 Å². The molecule has 1 aliphatic heterocycles. The van der Waals surface area contributed by atoms with Crippen molar-refractivity contribution in [2.45, 2.75) is 65.5 Å². The molecular weight excluding hydrogens is 312 g/mol. The second kappa shape index (κ2) is 8.35. The van der Waals surface area contributed by atoms with Crippen molar-refractivity contribution in [3.05, 3.63) is 0 Å². The van der Waals surface area contributed by atoms with Crippen molar-refractivity contribution < 1.29 is 24.2 Å². The first kappa shape index (κ1) is 20.3. The maximum Gasteiger partial charge on any atom is 0.410 e. The molecule has 1 heterocycles. The summed E-state index contributed by atoms with van der Waals surface area (Å²) in [5.41, 5.74) is -0.545. The second-order valence-electron chi connectivity index (χ2n) is 7.45. The summed E-state index contributed by atoms with van der Waals surface area (Å²) in [7, 11) is 0. The summed E-state index contributed by atoms with van der Waals surface area (Å²) < 4.78 is 5.32. The van der Waals surface area contributed by atoms with E-state index in [4.69, 9.17) is 4.74 Å². The standard InChI is InChI=1S/C17H30N2O5/c1-6-11(2)13(15(21)22)18-14(20)12-7-9-19(10-8-12)16(23)24-17(3,4)5/h11-13H,6-10H2,1-5H3,(H,18,20)(H,21,22)/t11-,13-/m0/s1. The van der Waals surface area contributed by atoms with Gasteiger partial charge in [0.05, 0.1) is 0 Å². The van der Waals surface area contributed by atoms with Crippen LogP contribution in [0.3, 0.4) is 0 Å². The van der Waals surface area contributed by atoms with Gasteiger partial charge in [0.15, 0.2) is 0 Å². The van der Waals surface area contributed by atoms with Gasteiger partial charge in [-0.1, -0.05) is 20.3 Å². The van der Waals surface area contributed by atoms with Crippen molar-refractivity contribution in [2.75, 3.05) is 13.1 Å². The van der Waals surface area contributed by atoms with E-state index in [2.05, 4.69) is 5.32 Å². The number of carbonyl (C=O) groups is 3. The van der Waals surface area contributed by atoms with E-state index < -0.39 is 17.6 Å². The molecule has 1 aliphatic rings. The van der Waals surface area contributed by atoms with Crippen LogP contribution < -0.4 is 5.32 Å². The van der Waals surface area contributed by atoms with Gasteiger partial charge in [0.2, 0.25) is 5.91 Å². The molecule has 7 nitrogen and oxygen atoms in total. The smallest absolute Gasteiger partial charge is 0.410 e. The first-order valence-electron chi connectivity index (χ1n) is 8.56. The number of rotatable bonds is 5. The molecule has 2 atom stereocenters. The molecule has 2 N–H and O–H groups in total. The summed E-state index contributed by atoms with van der Waals surface area (Å²) in [5, 5.41) is 11.9. The number of likely N-dealkylation sites (tertiary alicyclic amines) is 1. The Morgan fingerprint density at radius 3 is 2.21 bits per heavy atom. The third-order valence-electron chi connectivity index (χ3n) is 4.29. The molecule has 0 saturated carbocycles. The highest BCUT2D eigenvalue weighted by molar-refractivity contribution is 5.85. The molecule has 7 heteroatoms. The summed E-state index contributed by atoms with van der Waals surface area (Å²) >= 11 is 0. The lowest BCUT2D eigenvalue weighted by molar-refractivity contribution is -0.144. The molecule has 0 bridgehead atoms. The van der Waals surface area contributed by atoms with Gasteiger partial charge in [-0.25, -0.2) is 9.59 Å². The van der Waals surface area contributed by atoms with Gasteiger partial charge < -0.3 is 20.1 Å². The number of aliphatic carboxylic acids is 1. The Hall–Kier alpha value is -1.79. The Morgan fingerprint density at radius 1 is 1.25 bits per heavy atom. The molecule has 1 saturated heterocycles. The first-order valence-corrected chi connectivity index (χ1v) is 8.56. The van der Waals surface area contributed by atoms with Gasteiger partial charge in [0.25, 0.3) is 0 Å². The number of hydrogen-bond acceptors (Lipinski definition) is 4. The predicted octanol–water partition coefficient (Wildman–Crippen LogP) is 2.25. The first-order chi connectivity index (χ1) is 11.0. The van der Waals surface area contributed by atoms with E-state index in [9.17, 15) is 19.5 Å². The highest BCUT2D eigenvalue weighted by Gasteiger charge is 2.32. The molecule has 0 aromatic heterocycles. The average molecular weight is 342 g/mol. The molecule has 2 amide bonds.